The lowest BCUT2D eigenvalue weighted by Crippen LogP contribution is -2.32. The molecular formula is C26H26ClNO. The summed E-state index contributed by atoms with van der Waals surface area (Å²) in [5.74, 6) is 0. The van der Waals surface area contributed by atoms with Crippen molar-refractivity contribution in [2.75, 3.05) is 19.6 Å². The van der Waals surface area contributed by atoms with Crippen molar-refractivity contribution in [2.45, 2.75) is 18.9 Å². The molecule has 1 aliphatic rings. The van der Waals surface area contributed by atoms with Gasteiger partial charge in [0.05, 0.1) is 6.10 Å². The molecule has 4 rings (SSSR count). The normalized spacial score (nSPS) is 15.7. The van der Waals surface area contributed by atoms with Crippen LogP contribution in [0, 0.1) is 0 Å². The first kappa shape index (κ1) is 19.9. The Hall–Kier alpha value is -2.39. The maximum Gasteiger partial charge on any atom is 0.0917 e. The summed E-state index contributed by atoms with van der Waals surface area (Å²) in [6.07, 6.45) is 3.72. The Labute approximate surface area is 178 Å². The predicted molar refractivity (Wildman–Crippen MR) is 121 cm³/mol. The van der Waals surface area contributed by atoms with Gasteiger partial charge < -0.3 is 5.11 Å². The van der Waals surface area contributed by atoms with Crippen LogP contribution in [0.25, 0.3) is 5.57 Å². The van der Waals surface area contributed by atoms with Crippen LogP contribution in [0.1, 0.15) is 34.8 Å². The molecular weight excluding hydrogens is 378 g/mol. The van der Waals surface area contributed by atoms with Gasteiger partial charge in [-0.25, -0.2) is 0 Å². The van der Waals surface area contributed by atoms with Crippen molar-refractivity contribution >= 4 is 17.2 Å². The van der Waals surface area contributed by atoms with Crippen molar-refractivity contribution < 1.29 is 5.11 Å². The standard InChI is InChI=1S/C26H26ClNO/c27-25-12-8-21(9-13-25)18-20-6-10-24(11-7-20)26(29)19-28-16-14-23(15-17-28)22-4-2-1-3-5-22/h1-14,26,29H,15-19H2. The topological polar surface area (TPSA) is 23.5 Å². The smallest absolute Gasteiger partial charge is 0.0917 e. The summed E-state index contributed by atoms with van der Waals surface area (Å²) in [6.45, 7) is 2.53. The van der Waals surface area contributed by atoms with Crippen LogP contribution in [0.2, 0.25) is 5.02 Å². The minimum absolute atomic E-state index is 0.466. The first-order valence-electron chi connectivity index (χ1n) is 10.2. The van der Waals surface area contributed by atoms with Crippen molar-refractivity contribution in [3.8, 4) is 0 Å². The molecule has 0 amide bonds. The molecule has 1 atom stereocenters. The van der Waals surface area contributed by atoms with Gasteiger partial charge in [0.2, 0.25) is 0 Å². The fourth-order valence-electron chi connectivity index (χ4n) is 3.84. The van der Waals surface area contributed by atoms with Crippen molar-refractivity contribution in [3.05, 3.63) is 112 Å². The van der Waals surface area contributed by atoms with E-state index in [4.69, 9.17) is 11.6 Å². The lowest BCUT2D eigenvalue weighted by Gasteiger charge is -2.28. The zero-order chi connectivity index (χ0) is 20.1. The van der Waals surface area contributed by atoms with Gasteiger partial charge in [-0.05, 0) is 52.8 Å². The fraction of sp³-hybridized carbons (Fsp3) is 0.231. The number of aliphatic hydroxyl groups excluding tert-OH is 1. The lowest BCUT2D eigenvalue weighted by atomic mass is 9.98. The number of halogens is 1. The summed E-state index contributed by atoms with van der Waals surface area (Å²) in [4.78, 5) is 2.32. The Morgan fingerprint density at radius 2 is 1.52 bits per heavy atom. The van der Waals surface area contributed by atoms with E-state index in [-0.39, 0.29) is 0 Å². The van der Waals surface area contributed by atoms with Gasteiger partial charge in [-0.3, -0.25) is 4.90 Å². The van der Waals surface area contributed by atoms with Crippen LogP contribution in [-0.2, 0) is 6.42 Å². The maximum atomic E-state index is 10.7. The van der Waals surface area contributed by atoms with Crippen LogP contribution in [-0.4, -0.2) is 29.6 Å². The zero-order valence-corrected chi connectivity index (χ0v) is 17.2. The number of hydrogen-bond acceptors (Lipinski definition) is 2. The Kier molecular flexibility index (Phi) is 6.46. The molecule has 0 saturated heterocycles. The molecule has 0 spiro atoms. The van der Waals surface area contributed by atoms with Gasteiger partial charge >= 0.3 is 0 Å². The molecule has 0 aromatic heterocycles. The van der Waals surface area contributed by atoms with Gasteiger partial charge in [-0.15, -0.1) is 0 Å². The molecule has 0 radical (unpaired) electrons. The molecule has 1 N–H and O–H groups in total. The maximum absolute atomic E-state index is 10.7. The van der Waals surface area contributed by atoms with Gasteiger partial charge in [-0.2, -0.15) is 0 Å². The summed E-state index contributed by atoms with van der Waals surface area (Å²) in [7, 11) is 0. The van der Waals surface area contributed by atoms with Crippen molar-refractivity contribution in [3.63, 3.8) is 0 Å². The van der Waals surface area contributed by atoms with Crippen molar-refractivity contribution in [2.24, 2.45) is 0 Å². The van der Waals surface area contributed by atoms with Gasteiger partial charge in [-0.1, -0.05) is 84.4 Å². The molecule has 0 bridgehead atoms. The molecule has 1 heterocycles. The molecule has 0 fully saturated rings. The van der Waals surface area contributed by atoms with Gasteiger partial charge in [0.15, 0.2) is 0 Å². The third-order valence-corrected chi connectivity index (χ3v) is 5.81. The molecule has 3 aromatic rings. The Bertz CT molecular complexity index is 948. The van der Waals surface area contributed by atoms with E-state index < -0.39 is 6.10 Å². The minimum atomic E-state index is -0.466. The summed E-state index contributed by atoms with van der Waals surface area (Å²) in [5, 5.41) is 11.4. The summed E-state index contributed by atoms with van der Waals surface area (Å²) in [6, 6.07) is 26.8. The van der Waals surface area contributed by atoms with Crippen molar-refractivity contribution in [1.82, 2.24) is 4.90 Å². The molecule has 2 nitrogen and oxygen atoms in total. The monoisotopic (exact) mass is 403 g/mol. The van der Waals surface area contributed by atoms with Crippen LogP contribution in [0.15, 0.2) is 84.9 Å². The Morgan fingerprint density at radius 1 is 0.862 bits per heavy atom. The highest BCUT2D eigenvalue weighted by atomic mass is 35.5. The van der Waals surface area contributed by atoms with Gasteiger partial charge in [0.25, 0.3) is 0 Å². The number of nitrogens with zero attached hydrogens (tertiary/aromatic N) is 1. The molecule has 0 aliphatic carbocycles. The van der Waals surface area contributed by atoms with E-state index in [0.29, 0.717) is 6.54 Å². The molecule has 3 aromatic carbocycles. The number of benzene rings is 3. The third-order valence-electron chi connectivity index (χ3n) is 5.55. The van der Waals surface area contributed by atoms with Crippen LogP contribution in [0.3, 0.4) is 0 Å². The average Bonchev–Trinajstić information content (AvgIpc) is 2.77. The molecule has 1 aliphatic heterocycles. The van der Waals surface area contributed by atoms with Crippen LogP contribution in [0.5, 0.6) is 0 Å². The highest BCUT2D eigenvalue weighted by Gasteiger charge is 2.17. The van der Waals surface area contributed by atoms with E-state index >= 15 is 0 Å². The second kappa shape index (κ2) is 9.41. The van der Waals surface area contributed by atoms with Gasteiger partial charge in [0, 0.05) is 24.7 Å². The minimum Gasteiger partial charge on any atom is -0.387 e. The van der Waals surface area contributed by atoms with E-state index in [0.717, 1.165) is 36.5 Å². The summed E-state index contributed by atoms with van der Waals surface area (Å²) in [5.41, 5.74) is 6.16. The fourth-order valence-corrected chi connectivity index (χ4v) is 3.96. The SMILES string of the molecule is OC(CN1CC=C(c2ccccc2)CC1)c1ccc(Cc2ccc(Cl)cc2)cc1. The number of rotatable bonds is 6. The van der Waals surface area contributed by atoms with Gasteiger partial charge in [0.1, 0.15) is 0 Å². The number of aliphatic hydroxyl groups is 1. The van der Waals surface area contributed by atoms with Crippen LogP contribution < -0.4 is 0 Å². The van der Waals surface area contributed by atoms with E-state index in [1.54, 1.807) is 0 Å². The third kappa shape index (κ3) is 5.36. The van der Waals surface area contributed by atoms with E-state index in [1.807, 2.05) is 24.3 Å². The van der Waals surface area contributed by atoms with Crippen LogP contribution >= 0.6 is 11.6 Å². The largest absolute Gasteiger partial charge is 0.387 e. The van der Waals surface area contributed by atoms with E-state index in [9.17, 15) is 5.11 Å². The second-order valence-corrected chi connectivity index (χ2v) is 8.10. The second-order valence-electron chi connectivity index (χ2n) is 7.67. The first-order valence-corrected chi connectivity index (χ1v) is 10.5. The summed E-state index contributed by atoms with van der Waals surface area (Å²) < 4.78 is 0. The van der Waals surface area contributed by atoms with E-state index in [2.05, 4.69) is 65.6 Å². The molecule has 0 saturated carbocycles. The highest BCUT2D eigenvalue weighted by Crippen LogP contribution is 2.24. The van der Waals surface area contributed by atoms with E-state index in [1.165, 1.54) is 22.3 Å². The lowest BCUT2D eigenvalue weighted by molar-refractivity contribution is 0.119. The molecule has 3 heteroatoms. The summed E-state index contributed by atoms with van der Waals surface area (Å²) >= 11 is 5.95. The quantitative estimate of drug-likeness (QED) is 0.566. The van der Waals surface area contributed by atoms with Crippen molar-refractivity contribution in [1.29, 1.82) is 0 Å². The highest BCUT2D eigenvalue weighted by molar-refractivity contribution is 6.30. The first-order chi connectivity index (χ1) is 14.2. The molecule has 29 heavy (non-hydrogen) atoms. The predicted octanol–water partition coefficient (Wildman–Crippen LogP) is 5.75. The van der Waals surface area contributed by atoms with Crippen LogP contribution in [0.4, 0.5) is 0 Å². The average molecular weight is 404 g/mol. The molecule has 148 valence electrons. The number of β-amino-alcohol motifs (C(OH)–C–C–N with tert-alkyl or cyclic N) is 1. The zero-order valence-electron chi connectivity index (χ0n) is 16.5. The molecule has 1 unspecified atom stereocenters. The Morgan fingerprint density at radius 3 is 2.14 bits per heavy atom. The number of hydrogen-bond donors (Lipinski definition) is 1. The Balaban J connectivity index is 1.32.